The highest BCUT2D eigenvalue weighted by Gasteiger charge is 2.23. The highest BCUT2D eigenvalue weighted by atomic mass is 32.2. The fraction of sp³-hybridized carbons (Fsp3) is 0.214. The van der Waals surface area contributed by atoms with Crippen LogP contribution in [0.4, 0.5) is 14.5 Å². The molecule has 2 aromatic rings. The van der Waals surface area contributed by atoms with Crippen LogP contribution in [0, 0.1) is 11.6 Å². The number of hydrogen-bond donors (Lipinski definition) is 2. The van der Waals surface area contributed by atoms with Crippen LogP contribution >= 0.6 is 0 Å². The molecule has 22 heavy (non-hydrogen) atoms. The molecular weight excluding hydrogens is 314 g/mol. The minimum Gasteiger partial charge on any atom is -0.367 e. The van der Waals surface area contributed by atoms with Crippen LogP contribution in [0.2, 0.25) is 0 Å². The Labute approximate surface area is 126 Å². The number of hydrogen-bond acceptors (Lipinski definition) is 3. The number of rotatable bonds is 6. The van der Waals surface area contributed by atoms with Crippen molar-refractivity contribution in [3.05, 3.63) is 53.4 Å². The molecule has 2 rings (SSSR count). The van der Waals surface area contributed by atoms with Gasteiger partial charge in [0.1, 0.15) is 5.82 Å². The van der Waals surface area contributed by atoms with Crippen molar-refractivity contribution in [3.63, 3.8) is 0 Å². The number of nitrogens with one attached hydrogen (secondary N) is 2. The van der Waals surface area contributed by atoms with Crippen molar-refractivity contribution < 1.29 is 22.0 Å². The van der Waals surface area contributed by atoms with E-state index in [-0.39, 0.29) is 11.3 Å². The maximum atomic E-state index is 14.3. The number of halogens is 2. The fourth-order valence-corrected chi connectivity index (χ4v) is 3.07. The van der Waals surface area contributed by atoms with Crippen molar-refractivity contribution in [1.82, 2.24) is 4.98 Å². The highest BCUT2D eigenvalue weighted by molar-refractivity contribution is 7.92. The van der Waals surface area contributed by atoms with Gasteiger partial charge in [0.2, 0.25) is 15.8 Å². The SMILES string of the molecule is CCCS(=O)(=O)Nc1ccc(F)c(C(=O)c2cc[nH]c2)c1F. The van der Waals surface area contributed by atoms with Gasteiger partial charge in [-0.05, 0) is 24.6 Å². The lowest BCUT2D eigenvalue weighted by molar-refractivity contribution is 0.103. The van der Waals surface area contributed by atoms with Crippen molar-refractivity contribution in [2.45, 2.75) is 13.3 Å². The molecule has 0 unspecified atom stereocenters. The van der Waals surface area contributed by atoms with Crippen LogP contribution in [0.5, 0.6) is 0 Å². The molecule has 5 nitrogen and oxygen atoms in total. The second-order valence-electron chi connectivity index (χ2n) is 4.63. The van der Waals surface area contributed by atoms with Gasteiger partial charge in [-0.25, -0.2) is 17.2 Å². The maximum Gasteiger partial charge on any atom is 0.232 e. The van der Waals surface area contributed by atoms with Crippen LogP contribution < -0.4 is 4.72 Å². The lowest BCUT2D eigenvalue weighted by Gasteiger charge is -2.11. The number of anilines is 1. The van der Waals surface area contributed by atoms with Gasteiger partial charge in [-0.2, -0.15) is 0 Å². The quantitative estimate of drug-likeness (QED) is 0.800. The summed E-state index contributed by atoms with van der Waals surface area (Å²) in [6, 6.07) is 3.17. The first kappa shape index (κ1) is 16.2. The molecule has 1 heterocycles. The molecule has 118 valence electrons. The van der Waals surface area contributed by atoms with Crippen LogP contribution in [0.1, 0.15) is 29.3 Å². The molecule has 0 amide bonds. The average molecular weight is 328 g/mol. The smallest absolute Gasteiger partial charge is 0.232 e. The fourth-order valence-electron chi connectivity index (χ4n) is 1.94. The zero-order valence-electron chi connectivity index (χ0n) is 11.7. The molecule has 0 aliphatic heterocycles. The van der Waals surface area contributed by atoms with E-state index in [1.54, 1.807) is 6.92 Å². The third-order valence-electron chi connectivity index (χ3n) is 2.92. The van der Waals surface area contributed by atoms with E-state index in [0.29, 0.717) is 6.42 Å². The molecule has 1 aromatic carbocycles. The Morgan fingerprint density at radius 2 is 2.00 bits per heavy atom. The maximum absolute atomic E-state index is 14.3. The first-order valence-electron chi connectivity index (χ1n) is 6.51. The molecule has 0 aliphatic rings. The van der Waals surface area contributed by atoms with E-state index in [4.69, 9.17) is 0 Å². The van der Waals surface area contributed by atoms with E-state index in [1.807, 2.05) is 4.72 Å². The largest absolute Gasteiger partial charge is 0.367 e. The second-order valence-corrected chi connectivity index (χ2v) is 6.48. The average Bonchev–Trinajstić information content (AvgIpc) is 2.96. The van der Waals surface area contributed by atoms with E-state index >= 15 is 0 Å². The van der Waals surface area contributed by atoms with E-state index in [0.717, 1.165) is 12.1 Å². The Morgan fingerprint density at radius 3 is 2.59 bits per heavy atom. The number of benzene rings is 1. The summed E-state index contributed by atoms with van der Waals surface area (Å²) in [4.78, 5) is 14.7. The van der Waals surface area contributed by atoms with E-state index < -0.39 is 38.7 Å². The summed E-state index contributed by atoms with van der Waals surface area (Å²) in [5.74, 6) is -3.36. The Morgan fingerprint density at radius 1 is 1.27 bits per heavy atom. The first-order chi connectivity index (χ1) is 10.4. The van der Waals surface area contributed by atoms with E-state index in [9.17, 15) is 22.0 Å². The van der Waals surface area contributed by atoms with Gasteiger partial charge in [0.05, 0.1) is 17.0 Å². The predicted octanol–water partition coefficient (Wildman–Crippen LogP) is 2.68. The molecule has 0 radical (unpaired) electrons. The lowest BCUT2D eigenvalue weighted by atomic mass is 10.0. The summed E-state index contributed by atoms with van der Waals surface area (Å²) in [5.41, 5.74) is -1.17. The number of carbonyl (C=O) groups is 1. The van der Waals surface area contributed by atoms with Gasteiger partial charge >= 0.3 is 0 Å². The summed E-state index contributed by atoms with van der Waals surface area (Å²) in [6.45, 7) is 1.65. The van der Waals surface area contributed by atoms with E-state index in [2.05, 4.69) is 4.98 Å². The Kier molecular flexibility index (Phi) is 4.60. The number of sulfonamides is 1. The van der Waals surface area contributed by atoms with Crippen LogP contribution in [0.3, 0.4) is 0 Å². The number of ketones is 1. The second kappa shape index (κ2) is 6.27. The number of carbonyl (C=O) groups excluding carboxylic acids is 1. The standard InChI is InChI=1S/C14H14F2N2O3S/c1-2-7-22(20,21)18-11-4-3-10(15)12(13(11)16)14(19)9-5-6-17-8-9/h3-6,8,17-18H,2,7H2,1H3. The van der Waals surface area contributed by atoms with Crippen LogP contribution in [0.25, 0.3) is 0 Å². The third kappa shape index (κ3) is 3.33. The highest BCUT2D eigenvalue weighted by Crippen LogP contribution is 2.24. The molecule has 0 bridgehead atoms. The van der Waals surface area contributed by atoms with Crippen LogP contribution in [-0.2, 0) is 10.0 Å². The number of aromatic amines is 1. The summed E-state index contributed by atoms with van der Waals surface area (Å²) in [6.07, 6.45) is 3.08. The van der Waals surface area contributed by atoms with Crippen molar-refractivity contribution in [1.29, 1.82) is 0 Å². The molecule has 8 heteroatoms. The van der Waals surface area contributed by atoms with Gasteiger partial charge in [0, 0.05) is 18.0 Å². The molecule has 1 aromatic heterocycles. The zero-order valence-corrected chi connectivity index (χ0v) is 12.5. The molecule has 0 saturated heterocycles. The Hall–Kier alpha value is -2.22. The molecule has 2 N–H and O–H groups in total. The number of aromatic nitrogens is 1. The molecule has 0 spiro atoms. The van der Waals surface area contributed by atoms with Gasteiger partial charge in [-0.3, -0.25) is 9.52 Å². The predicted molar refractivity (Wildman–Crippen MR) is 78.3 cm³/mol. The summed E-state index contributed by atoms with van der Waals surface area (Å²) in [7, 11) is -3.75. The van der Waals surface area contributed by atoms with Crippen LogP contribution in [-0.4, -0.2) is 24.9 Å². The third-order valence-corrected chi connectivity index (χ3v) is 4.39. The summed E-state index contributed by atoms with van der Waals surface area (Å²) >= 11 is 0. The van der Waals surface area contributed by atoms with Gasteiger partial charge in [0.25, 0.3) is 0 Å². The minimum absolute atomic E-state index is 0.0753. The summed E-state index contributed by atoms with van der Waals surface area (Å²) in [5, 5.41) is 0. The van der Waals surface area contributed by atoms with Gasteiger partial charge in [0.15, 0.2) is 5.82 Å². The molecule has 0 fully saturated rings. The minimum atomic E-state index is -3.75. The Balaban J connectivity index is 2.44. The van der Waals surface area contributed by atoms with Crippen molar-refractivity contribution in [2.24, 2.45) is 0 Å². The Bertz CT molecular complexity index is 787. The van der Waals surface area contributed by atoms with Crippen LogP contribution in [0.15, 0.2) is 30.6 Å². The van der Waals surface area contributed by atoms with Crippen molar-refractivity contribution in [2.75, 3.05) is 10.5 Å². The van der Waals surface area contributed by atoms with Gasteiger partial charge in [-0.1, -0.05) is 6.92 Å². The van der Waals surface area contributed by atoms with Gasteiger partial charge in [-0.15, -0.1) is 0 Å². The zero-order chi connectivity index (χ0) is 16.3. The van der Waals surface area contributed by atoms with Crippen molar-refractivity contribution in [3.8, 4) is 0 Å². The molecule has 0 saturated carbocycles. The molecule has 0 aliphatic carbocycles. The first-order valence-corrected chi connectivity index (χ1v) is 8.17. The van der Waals surface area contributed by atoms with Gasteiger partial charge < -0.3 is 4.98 Å². The molecular formula is C14H14F2N2O3S. The lowest BCUT2D eigenvalue weighted by Crippen LogP contribution is -2.18. The van der Waals surface area contributed by atoms with Crippen molar-refractivity contribution >= 4 is 21.5 Å². The van der Waals surface area contributed by atoms with E-state index in [1.165, 1.54) is 18.5 Å². The topological polar surface area (TPSA) is 79.0 Å². The normalized spacial score (nSPS) is 11.4. The molecule has 0 atom stereocenters. The monoisotopic (exact) mass is 328 g/mol. The summed E-state index contributed by atoms with van der Waals surface area (Å²) < 4.78 is 53.6. The number of H-pyrrole nitrogens is 1.